The lowest BCUT2D eigenvalue weighted by Gasteiger charge is -2.34. The summed E-state index contributed by atoms with van der Waals surface area (Å²) in [7, 11) is 0. The van der Waals surface area contributed by atoms with Gasteiger partial charge in [0.25, 0.3) is 17.7 Å². The van der Waals surface area contributed by atoms with E-state index in [0.717, 1.165) is 0 Å². The zero-order chi connectivity index (χ0) is 20.8. The van der Waals surface area contributed by atoms with Gasteiger partial charge in [-0.15, -0.1) is 0 Å². The molecule has 0 spiro atoms. The van der Waals surface area contributed by atoms with Crippen molar-refractivity contribution in [3.63, 3.8) is 0 Å². The lowest BCUT2D eigenvalue weighted by molar-refractivity contribution is 0.0532. The lowest BCUT2D eigenvalue weighted by Crippen LogP contribution is -2.50. The van der Waals surface area contributed by atoms with Gasteiger partial charge in [0, 0.05) is 56.6 Å². The fourth-order valence-corrected chi connectivity index (χ4v) is 3.40. The Morgan fingerprint density at radius 1 is 0.828 bits per heavy atom. The van der Waals surface area contributed by atoms with E-state index in [4.69, 9.17) is 0 Å². The summed E-state index contributed by atoms with van der Waals surface area (Å²) in [5, 5.41) is 0. The summed E-state index contributed by atoms with van der Waals surface area (Å²) < 4.78 is 0. The average molecular weight is 394 g/mol. The predicted octanol–water partition coefficient (Wildman–Crippen LogP) is 2.16. The molecule has 1 aliphatic rings. The van der Waals surface area contributed by atoms with Crippen LogP contribution in [0.15, 0.2) is 48.7 Å². The Kier molecular flexibility index (Phi) is 6.59. The fraction of sp³-hybridized carbons (Fsp3) is 0.364. The Bertz CT molecular complexity index is 855. The second kappa shape index (κ2) is 9.32. The van der Waals surface area contributed by atoms with Crippen LogP contribution < -0.4 is 0 Å². The molecule has 0 atom stereocenters. The van der Waals surface area contributed by atoms with Crippen LogP contribution in [0.25, 0.3) is 0 Å². The van der Waals surface area contributed by atoms with Crippen LogP contribution in [0.5, 0.6) is 0 Å². The number of piperazine rings is 1. The molecular weight excluding hydrogens is 368 g/mol. The molecule has 1 aromatic carbocycles. The van der Waals surface area contributed by atoms with Crippen LogP contribution in [0.4, 0.5) is 0 Å². The Labute approximate surface area is 170 Å². The van der Waals surface area contributed by atoms with Crippen LogP contribution in [-0.2, 0) is 0 Å². The normalized spacial score (nSPS) is 13.9. The van der Waals surface area contributed by atoms with Crippen molar-refractivity contribution in [2.24, 2.45) is 0 Å². The van der Waals surface area contributed by atoms with Gasteiger partial charge >= 0.3 is 0 Å². The molecule has 152 valence electrons. The Hall–Kier alpha value is -3.22. The van der Waals surface area contributed by atoms with Gasteiger partial charge in [-0.1, -0.05) is 6.07 Å². The molecule has 1 fully saturated rings. The van der Waals surface area contributed by atoms with Gasteiger partial charge in [0.05, 0.1) is 0 Å². The number of nitrogens with zero attached hydrogens (tertiary/aromatic N) is 4. The van der Waals surface area contributed by atoms with Crippen molar-refractivity contribution in [2.75, 3.05) is 39.3 Å². The minimum Gasteiger partial charge on any atom is -0.339 e. The van der Waals surface area contributed by atoms with Crippen molar-refractivity contribution < 1.29 is 14.4 Å². The summed E-state index contributed by atoms with van der Waals surface area (Å²) in [6, 6.07) is 12.1. The number of amides is 3. The third kappa shape index (κ3) is 4.62. The summed E-state index contributed by atoms with van der Waals surface area (Å²) in [5.41, 5.74) is 1.54. The number of aromatic nitrogens is 1. The molecule has 0 radical (unpaired) electrons. The molecule has 0 aliphatic carbocycles. The first-order valence-electron chi connectivity index (χ1n) is 9.94. The Balaban J connectivity index is 1.59. The Morgan fingerprint density at radius 3 is 1.90 bits per heavy atom. The zero-order valence-electron chi connectivity index (χ0n) is 16.9. The highest BCUT2D eigenvalue weighted by Gasteiger charge is 2.26. The van der Waals surface area contributed by atoms with Crippen molar-refractivity contribution in [2.45, 2.75) is 13.8 Å². The first-order valence-corrected chi connectivity index (χ1v) is 9.94. The van der Waals surface area contributed by atoms with Crippen LogP contribution in [0.3, 0.4) is 0 Å². The Morgan fingerprint density at radius 2 is 1.38 bits per heavy atom. The molecule has 29 heavy (non-hydrogen) atoms. The van der Waals surface area contributed by atoms with Crippen LogP contribution in [0, 0.1) is 0 Å². The number of carbonyl (C=O) groups excluding carboxylic acids is 3. The molecule has 7 nitrogen and oxygen atoms in total. The van der Waals surface area contributed by atoms with Crippen LogP contribution in [0.1, 0.15) is 45.1 Å². The van der Waals surface area contributed by atoms with E-state index < -0.39 is 0 Å². The highest BCUT2D eigenvalue weighted by atomic mass is 16.2. The highest BCUT2D eigenvalue weighted by molar-refractivity contribution is 5.98. The average Bonchev–Trinajstić information content (AvgIpc) is 2.79. The van der Waals surface area contributed by atoms with E-state index in [1.54, 1.807) is 63.4 Å². The predicted molar refractivity (Wildman–Crippen MR) is 110 cm³/mol. The molecule has 3 rings (SSSR count). The molecule has 1 saturated heterocycles. The van der Waals surface area contributed by atoms with Gasteiger partial charge in [-0.25, -0.2) is 0 Å². The summed E-state index contributed by atoms with van der Waals surface area (Å²) in [6.07, 6.45) is 1.60. The van der Waals surface area contributed by atoms with Gasteiger partial charge in [0.1, 0.15) is 5.69 Å². The fourth-order valence-electron chi connectivity index (χ4n) is 3.40. The molecule has 0 unspecified atom stereocenters. The quantitative estimate of drug-likeness (QED) is 0.779. The smallest absolute Gasteiger partial charge is 0.272 e. The topological polar surface area (TPSA) is 73.8 Å². The molecule has 3 amide bonds. The molecule has 7 heteroatoms. The van der Waals surface area contributed by atoms with Crippen molar-refractivity contribution in [3.05, 3.63) is 65.5 Å². The van der Waals surface area contributed by atoms with E-state index in [2.05, 4.69) is 4.98 Å². The molecule has 0 saturated carbocycles. The molecule has 1 aromatic heterocycles. The number of hydrogen-bond acceptors (Lipinski definition) is 4. The van der Waals surface area contributed by atoms with Crippen molar-refractivity contribution >= 4 is 17.7 Å². The second-order valence-corrected chi connectivity index (χ2v) is 6.85. The number of rotatable bonds is 5. The molecule has 2 heterocycles. The van der Waals surface area contributed by atoms with E-state index in [1.165, 1.54) is 0 Å². The van der Waals surface area contributed by atoms with Crippen LogP contribution in [-0.4, -0.2) is 76.7 Å². The largest absolute Gasteiger partial charge is 0.339 e. The van der Waals surface area contributed by atoms with Gasteiger partial charge in [-0.05, 0) is 50.2 Å². The highest BCUT2D eigenvalue weighted by Crippen LogP contribution is 2.13. The SMILES string of the molecule is CCN(CC)C(=O)c1ccc(C(=O)N2CCN(C(=O)c3ccccn3)CC2)cc1. The number of pyridine rings is 1. The summed E-state index contributed by atoms with van der Waals surface area (Å²) in [4.78, 5) is 47.0. The molecule has 0 bridgehead atoms. The zero-order valence-corrected chi connectivity index (χ0v) is 16.9. The van der Waals surface area contributed by atoms with Crippen molar-refractivity contribution in [1.82, 2.24) is 19.7 Å². The third-order valence-corrected chi connectivity index (χ3v) is 5.17. The maximum atomic E-state index is 12.8. The first-order chi connectivity index (χ1) is 14.0. The minimum atomic E-state index is -0.114. The van der Waals surface area contributed by atoms with Crippen molar-refractivity contribution in [1.29, 1.82) is 0 Å². The van der Waals surface area contributed by atoms with Gasteiger partial charge < -0.3 is 14.7 Å². The van der Waals surface area contributed by atoms with Gasteiger partial charge in [-0.3, -0.25) is 19.4 Å². The molecule has 2 aromatic rings. The second-order valence-electron chi connectivity index (χ2n) is 6.85. The van der Waals surface area contributed by atoms with E-state index in [1.807, 2.05) is 13.8 Å². The first kappa shape index (κ1) is 20.5. The molecular formula is C22H26N4O3. The standard InChI is InChI=1S/C22H26N4O3/c1-3-24(4-2)20(27)17-8-10-18(11-9-17)21(28)25-13-15-26(16-14-25)22(29)19-7-5-6-12-23-19/h5-12H,3-4,13-16H2,1-2H3. The minimum absolute atomic E-state index is 0.0318. The van der Waals surface area contributed by atoms with Gasteiger partial charge in [0.15, 0.2) is 0 Å². The lowest BCUT2D eigenvalue weighted by atomic mass is 10.1. The summed E-state index contributed by atoms with van der Waals surface area (Å²) >= 11 is 0. The molecule has 0 N–H and O–H groups in total. The van der Waals surface area contributed by atoms with Gasteiger partial charge in [-0.2, -0.15) is 0 Å². The van der Waals surface area contributed by atoms with E-state index in [0.29, 0.717) is 56.1 Å². The summed E-state index contributed by atoms with van der Waals surface area (Å²) in [5.74, 6) is -0.232. The summed E-state index contributed by atoms with van der Waals surface area (Å²) in [6.45, 7) is 7.07. The number of benzene rings is 1. The maximum absolute atomic E-state index is 12.8. The monoisotopic (exact) mass is 394 g/mol. The van der Waals surface area contributed by atoms with E-state index >= 15 is 0 Å². The van der Waals surface area contributed by atoms with Crippen LogP contribution >= 0.6 is 0 Å². The van der Waals surface area contributed by atoms with E-state index in [9.17, 15) is 14.4 Å². The number of carbonyl (C=O) groups is 3. The van der Waals surface area contributed by atoms with Crippen molar-refractivity contribution in [3.8, 4) is 0 Å². The van der Waals surface area contributed by atoms with E-state index in [-0.39, 0.29) is 17.7 Å². The maximum Gasteiger partial charge on any atom is 0.272 e. The van der Waals surface area contributed by atoms with Gasteiger partial charge in [0.2, 0.25) is 0 Å². The third-order valence-electron chi connectivity index (χ3n) is 5.17. The van der Waals surface area contributed by atoms with Crippen LogP contribution in [0.2, 0.25) is 0 Å². The number of hydrogen-bond donors (Lipinski definition) is 0. The molecule has 1 aliphatic heterocycles.